The predicted octanol–water partition coefficient (Wildman–Crippen LogP) is 0.765. The van der Waals surface area contributed by atoms with Gasteiger partial charge in [0.1, 0.15) is 0 Å². The number of piperidine rings is 1. The first-order valence-corrected chi connectivity index (χ1v) is 8.95. The summed E-state index contributed by atoms with van der Waals surface area (Å²) in [6, 6.07) is 7.17. The van der Waals surface area contributed by atoms with Crippen LogP contribution in [0.5, 0.6) is 0 Å². The fourth-order valence-electron chi connectivity index (χ4n) is 2.78. The molecule has 0 aliphatic carbocycles. The number of nitrogens with two attached hydrogens (primary N) is 1. The third-order valence-corrected chi connectivity index (χ3v) is 5.34. The van der Waals surface area contributed by atoms with Crippen molar-refractivity contribution in [3.63, 3.8) is 0 Å². The summed E-state index contributed by atoms with van der Waals surface area (Å²) in [5.74, 6) is -0.180. The van der Waals surface area contributed by atoms with Crippen molar-refractivity contribution in [3.8, 4) is 5.69 Å². The first-order chi connectivity index (χ1) is 10.9. The van der Waals surface area contributed by atoms with E-state index in [9.17, 15) is 13.2 Å². The third-order valence-electron chi connectivity index (χ3n) is 4.03. The van der Waals surface area contributed by atoms with Gasteiger partial charge in [0, 0.05) is 36.7 Å². The lowest BCUT2D eigenvalue weighted by atomic mass is 10.1. The van der Waals surface area contributed by atoms with E-state index in [2.05, 4.69) is 4.98 Å². The van der Waals surface area contributed by atoms with E-state index < -0.39 is 15.3 Å². The summed E-state index contributed by atoms with van der Waals surface area (Å²) >= 11 is 0. The minimum atomic E-state index is -3.62. The molecule has 122 valence electrons. The number of benzene rings is 1. The number of hydrogen-bond donors (Lipinski definition) is 1. The first kappa shape index (κ1) is 15.7. The Labute approximate surface area is 134 Å². The molecular weight excluding hydrogens is 316 g/mol. The molecule has 2 aromatic rings. The zero-order valence-corrected chi connectivity index (χ0v) is 13.3. The van der Waals surface area contributed by atoms with Crippen LogP contribution in [-0.2, 0) is 10.0 Å². The van der Waals surface area contributed by atoms with Crippen LogP contribution in [0.25, 0.3) is 5.69 Å². The summed E-state index contributed by atoms with van der Waals surface area (Å²) < 4.78 is 24.9. The maximum atomic E-state index is 12.7. The van der Waals surface area contributed by atoms with Gasteiger partial charge in [-0.15, -0.1) is 0 Å². The standard InChI is InChI=1S/C15H18N4O3S/c16-23(21,22)14-5-2-7-18(10-14)15(20)12-3-1-4-13(9-12)19-8-6-17-11-19/h1,3-4,6,8-9,11,14H,2,5,7,10H2,(H2,16,21,22). The van der Waals surface area contributed by atoms with Crippen LogP contribution in [0.15, 0.2) is 43.0 Å². The lowest BCUT2D eigenvalue weighted by molar-refractivity contribution is 0.0727. The van der Waals surface area contributed by atoms with E-state index in [4.69, 9.17) is 5.14 Å². The molecule has 1 unspecified atom stereocenters. The smallest absolute Gasteiger partial charge is 0.253 e. The number of nitrogens with zero attached hydrogens (tertiary/aromatic N) is 3. The highest BCUT2D eigenvalue weighted by Gasteiger charge is 2.30. The van der Waals surface area contributed by atoms with Crippen LogP contribution >= 0.6 is 0 Å². The van der Waals surface area contributed by atoms with Crippen LogP contribution in [-0.4, -0.2) is 47.1 Å². The van der Waals surface area contributed by atoms with Gasteiger partial charge in [-0.25, -0.2) is 18.5 Å². The van der Waals surface area contributed by atoms with E-state index in [1.807, 2.05) is 6.07 Å². The molecule has 1 amide bonds. The van der Waals surface area contributed by atoms with Gasteiger partial charge in [0.2, 0.25) is 10.0 Å². The molecule has 0 radical (unpaired) electrons. The molecule has 8 heteroatoms. The molecule has 1 aromatic heterocycles. The van der Waals surface area contributed by atoms with Crippen molar-refractivity contribution >= 4 is 15.9 Å². The minimum Gasteiger partial charge on any atom is -0.337 e. The number of sulfonamides is 1. The maximum absolute atomic E-state index is 12.7. The second-order valence-corrected chi connectivity index (χ2v) is 7.47. The molecule has 3 rings (SSSR count). The zero-order valence-electron chi connectivity index (χ0n) is 12.5. The van der Waals surface area contributed by atoms with Crippen LogP contribution in [0.4, 0.5) is 0 Å². The van der Waals surface area contributed by atoms with E-state index in [-0.39, 0.29) is 12.5 Å². The van der Waals surface area contributed by atoms with Gasteiger partial charge in [-0.3, -0.25) is 4.79 Å². The van der Waals surface area contributed by atoms with Crippen molar-refractivity contribution < 1.29 is 13.2 Å². The van der Waals surface area contributed by atoms with Gasteiger partial charge >= 0.3 is 0 Å². The molecule has 0 spiro atoms. The Morgan fingerprint density at radius 2 is 2.17 bits per heavy atom. The van der Waals surface area contributed by atoms with Crippen LogP contribution in [0.3, 0.4) is 0 Å². The van der Waals surface area contributed by atoms with Gasteiger partial charge in [0.15, 0.2) is 0 Å². The number of carbonyl (C=O) groups excluding carboxylic acids is 1. The Morgan fingerprint density at radius 3 is 2.87 bits per heavy atom. The number of amides is 1. The fraction of sp³-hybridized carbons (Fsp3) is 0.333. The van der Waals surface area contributed by atoms with Crippen molar-refractivity contribution in [2.75, 3.05) is 13.1 Å². The summed E-state index contributed by atoms with van der Waals surface area (Å²) in [6.45, 7) is 0.688. The maximum Gasteiger partial charge on any atom is 0.253 e. The van der Waals surface area contributed by atoms with Gasteiger partial charge in [-0.1, -0.05) is 6.07 Å². The summed E-state index contributed by atoms with van der Waals surface area (Å²) in [4.78, 5) is 18.2. The first-order valence-electron chi connectivity index (χ1n) is 7.34. The molecule has 0 bridgehead atoms. The SMILES string of the molecule is NS(=O)(=O)C1CCCN(C(=O)c2cccc(-n3ccnc3)c2)C1. The molecule has 0 saturated carbocycles. The van der Waals surface area contributed by atoms with Gasteiger partial charge < -0.3 is 9.47 Å². The summed E-state index contributed by atoms with van der Waals surface area (Å²) in [5, 5.41) is 4.54. The van der Waals surface area contributed by atoms with Crippen LogP contribution in [0.1, 0.15) is 23.2 Å². The Bertz CT molecular complexity index is 802. The van der Waals surface area contributed by atoms with Crippen LogP contribution in [0.2, 0.25) is 0 Å². The van der Waals surface area contributed by atoms with E-state index >= 15 is 0 Å². The molecule has 1 aromatic carbocycles. The van der Waals surface area contributed by atoms with E-state index in [1.54, 1.807) is 46.4 Å². The highest BCUT2D eigenvalue weighted by molar-refractivity contribution is 7.89. The molecule has 1 fully saturated rings. The Balaban J connectivity index is 1.82. The average Bonchev–Trinajstić information content (AvgIpc) is 3.08. The number of likely N-dealkylation sites (tertiary alicyclic amines) is 1. The summed E-state index contributed by atoms with van der Waals surface area (Å²) in [7, 11) is -3.62. The van der Waals surface area contributed by atoms with Crippen LogP contribution in [0, 0.1) is 0 Å². The quantitative estimate of drug-likeness (QED) is 0.896. The summed E-state index contributed by atoms with van der Waals surface area (Å²) in [5.41, 5.74) is 1.35. The highest BCUT2D eigenvalue weighted by atomic mass is 32.2. The Hall–Kier alpha value is -2.19. The van der Waals surface area contributed by atoms with E-state index in [1.165, 1.54) is 0 Å². The molecule has 23 heavy (non-hydrogen) atoms. The predicted molar refractivity (Wildman–Crippen MR) is 85.6 cm³/mol. The Morgan fingerprint density at radius 1 is 1.35 bits per heavy atom. The fourth-order valence-corrected chi connectivity index (χ4v) is 3.67. The molecule has 2 heterocycles. The molecule has 7 nitrogen and oxygen atoms in total. The third kappa shape index (κ3) is 3.43. The normalized spacial score (nSPS) is 18.8. The lowest BCUT2D eigenvalue weighted by Gasteiger charge is -2.31. The molecule has 1 aliphatic rings. The number of hydrogen-bond acceptors (Lipinski definition) is 4. The molecule has 2 N–H and O–H groups in total. The second kappa shape index (κ2) is 6.13. The van der Waals surface area contributed by atoms with Crippen molar-refractivity contribution in [3.05, 3.63) is 48.5 Å². The summed E-state index contributed by atoms with van der Waals surface area (Å²) in [6.07, 6.45) is 6.24. The van der Waals surface area contributed by atoms with Gasteiger partial charge in [-0.05, 0) is 31.0 Å². The topological polar surface area (TPSA) is 98.3 Å². The lowest BCUT2D eigenvalue weighted by Crippen LogP contribution is -2.47. The molecule has 1 saturated heterocycles. The highest BCUT2D eigenvalue weighted by Crippen LogP contribution is 2.19. The van der Waals surface area contributed by atoms with Crippen molar-refractivity contribution in [1.29, 1.82) is 0 Å². The molecule has 1 atom stereocenters. The van der Waals surface area contributed by atoms with Gasteiger partial charge in [0.25, 0.3) is 5.91 Å². The Kier molecular flexibility index (Phi) is 4.18. The van der Waals surface area contributed by atoms with Crippen molar-refractivity contribution in [1.82, 2.24) is 14.5 Å². The number of carbonyl (C=O) groups is 1. The van der Waals surface area contributed by atoms with Gasteiger partial charge in [-0.2, -0.15) is 0 Å². The van der Waals surface area contributed by atoms with Crippen LogP contribution < -0.4 is 5.14 Å². The van der Waals surface area contributed by atoms with E-state index in [0.29, 0.717) is 24.9 Å². The van der Waals surface area contributed by atoms with Crippen molar-refractivity contribution in [2.24, 2.45) is 5.14 Å². The molecular formula is C15H18N4O3S. The molecule has 1 aliphatic heterocycles. The number of rotatable bonds is 3. The second-order valence-electron chi connectivity index (χ2n) is 5.62. The number of imidazole rings is 1. The van der Waals surface area contributed by atoms with Gasteiger partial charge in [0.05, 0.1) is 11.6 Å². The number of aromatic nitrogens is 2. The van der Waals surface area contributed by atoms with E-state index in [0.717, 1.165) is 5.69 Å². The van der Waals surface area contributed by atoms with Crippen molar-refractivity contribution in [2.45, 2.75) is 18.1 Å². The average molecular weight is 334 g/mol. The largest absolute Gasteiger partial charge is 0.337 e. The minimum absolute atomic E-state index is 0.146. The number of primary sulfonamides is 1. The monoisotopic (exact) mass is 334 g/mol. The zero-order chi connectivity index (χ0) is 16.4.